The van der Waals surface area contributed by atoms with Crippen molar-refractivity contribution in [3.8, 4) is 0 Å². The van der Waals surface area contributed by atoms with E-state index in [-0.39, 0.29) is 5.91 Å². The Kier molecular flexibility index (Phi) is 3.05. The third-order valence-corrected chi connectivity index (χ3v) is 4.21. The van der Waals surface area contributed by atoms with E-state index in [1.54, 1.807) is 0 Å². The normalized spacial score (nSPS) is 16.0. The smallest absolute Gasteiger partial charge is 0.270 e. The van der Waals surface area contributed by atoms with Crippen LogP contribution in [-0.2, 0) is 7.05 Å². The second-order valence-corrected chi connectivity index (χ2v) is 5.40. The molecule has 1 fully saturated rings. The van der Waals surface area contributed by atoms with E-state index in [1.807, 2.05) is 28.6 Å². The minimum absolute atomic E-state index is 0.191. The van der Waals surface area contributed by atoms with Crippen LogP contribution >= 0.6 is 0 Å². The van der Waals surface area contributed by atoms with E-state index in [0.717, 1.165) is 42.7 Å². The Hall–Kier alpha value is -1.77. The van der Waals surface area contributed by atoms with Gasteiger partial charge in [-0.05, 0) is 37.8 Å². The van der Waals surface area contributed by atoms with Crippen molar-refractivity contribution in [3.05, 3.63) is 35.5 Å². The van der Waals surface area contributed by atoms with Crippen molar-refractivity contribution in [2.75, 3.05) is 13.1 Å². The van der Waals surface area contributed by atoms with E-state index in [4.69, 9.17) is 0 Å². The molecule has 0 bridgehead atoms. The fourth-order valence-corrected chi connectivity index (χ4v) is 3.13. The van der Waals surface area contributed by atoms with Gasteiger partial charge in [0.25, 0.3) is 5.91 Å². The summed E-state index contributed by atoms with van der Waals surface area (Å²) in [5.41, 5.74) is 3.09. The molecular formula is C16H20N2O. The topological polar surface area (TPSA) is 25.2 Å². The van der Waals surface area contributed by atoms with Crippen molar-refractivity contribution < 1.29 is 4.79 Å². The maximum Gasteiger partial charge on any atom is 0.270 e. The highest BCUT2D eigenvalue weighted by molar-refractivity contribution is 6.01. The van der Waals surface area contributed by atoms with Gasteiger partial charge in [-0.15, -0.1) is 0 Å². The number of rotatable bonds is 1. The predicted octanol–water partition coefficient (Wildman–Crippen LogP) is 3.11. The van der Waals surface area contributed by atoms with Crippen molar-refractivity contribution in [1.29, 1.82) is 0 Å². The van der Waals surface area contributed by atoms with E-state index in [9.17, 15) is 4.79 Å². The minimum Gasteiger partial charge on any atom is -0.339 e. The number of benzene rings is 1. The minimum atomic E-state index is 0.191. The molecule has 0 atom stereocenters. The predicted molar refractivity (Wildman–Crippen MR) is 77.4 cm³/mol. The van der Waals surface area contributed by atoms with Crippen LogP contribution in [-0.4, -0.2) is 28.5 Å². The number of fused-ring (bicyclic) bond motifs is 1. The van der Waals surface area contributed by atoms with Crippen molar-refractivity contribution in [3.63, 3.8) is 0 Å². The van der Waals surface area contributed by atoms with Gasteiger partial charge in [-0.3, -0.25) is 4.79 Å². The Labute approximate surface area is 113 Å². The molecule has 3 rings (SSSR count). The van der Waals surface area contributed by atoms with Crippen LogP contribution in [0, 0.1) is 6.92 Å². The van der Waals surface area contributed by atoms with Crippen LogP contribution in [0.3, 0.4) is 0 Å². The molecule has 1 aromatic carbocycles. The number of carbonyl (C=O) groups is 1. The average molecular weight is 256 g/mol. The molecule has 0 aliphatic carbocycles. The van der Waals surface area contributed by atoms with Gasteiger partial charge >= 0.3 is 0 Å². The lowest BCUT2D eigenvalue weighted by Crippen LogP contribution is -2.36. The zero-order chi connectivity index (χ0) is 13.4. The molecule has 0 unspecified atom stereocenters. The number of amides is 1. The number of hydrogen-bond acceptors (Lipinski definition) is 1. The SMILES string of the molecule is Cc1c(C(=O)N2CCCCC2)n(C)c2ccccc12. The van der Waals surface area contributed by atoms with Gasteiger partial charge in [0.2, 0.25) is 0 Å². The summed E-state index contributed by atoms with van der Waals surface area (Å²) in [7, 11) is 1.99. The molecule has 3 nitrogen and oxygen atoms in total. The zero-order valence-electron chi connectivity index (χ0n) is 11.6. The molecular weight excluding hydrogens is 236 g/mol. The van der Waals surface area contributed by atoms with Gasteiger partial charge in [-0.2, -0.15) is 0 Å². The summed E-state index contributed by atoms with van der Waals surface area (Å²) in [5.74, 6) is 0.191. The molecule has 0 saturated carbocycles. The molecule has 3 heteroatoms. The monoisotopic (exact) mass is 256 g/mol. The van der Waals surface area contributed by atoms with E-state index >= 15 is 0 Å². The third-order valence-electron chi connectivity index (χ3n) is 4.21. The fourth-order valence-electron chi connectivity index (χ4n) is 3.13. The van der Waals surface area contributed by atoms with Crippen LogP contribution < -0.4 is 0 Å². The first kappa shape index (κ1) is 12.3. The van der Waals surface area contributed by atoms with Crippen LogP contribution in [0.1, 0.15) is 35.3 Å². The lowest BCUT2D eigenvalue weighted by molar-refractivity contribution is 0.0714. The molecule has 1 aliphatic heterocycles. The standard InChI is InChI=1S/C16H20N2O/c1-12-13-8-4-5-9-14(13)17(2)15(12)16(19)18-10-6-3-7-11-18/h4-5,8-9H,3,6-7,10-11H2,1-2H3. The summed E-state index contributed by atoms with van der Waals surface area (Å²) in [4.78, 5) is 14.7. The Morgan fingerprint density at radius 1 is 1.11 bits per heavy atom. The van der Waals surface area contributed by atoms with Crippen LogP contribution in [0.5, 0.6) is 0 Å². The Bertz CT molecular complexity index is 582. The summed E-state index contributed by atoms with van der Waals surface area (Å²) in [6.45, 7) is 3.86. The summed E-state index contributed by atoms with van der Waals surface area (Å²) in [6.07, 6.45) is 3.52. The largest absolute Gasteiger partial charge is 0.339 e. The molecule has 2 aromatic rings. The second kappa shape index (κ2) is 4.72. The van der Waals surface area contributed by atoms with Gasteiger partial charge in [0.15, 0.2) is 0 Å². The van der Waals surface area contributed by atoms with Crippen molar-refractivity contribution in [1.82, 2.24) is 9.47 Å². The molecule has 100 valence electrons. The Morgan fingerprint density at radius 2 is 1.79 bits per heavy atom. The molecule has 1 aromatic heterocycles. The highest BCUT2D eigenvalue weighted by Gasteiger charge is 2.24. The summed E-state index contributed by atoms with van der Waals surface area (Å²) in [5, 5.41) is 1.19. The number of carbonyl (C=O) groups excluding carboxylic acids is 1. The number of piperidine rings is 1. The molecule has 2 heterocycles. The van der Waals surface area contributed by atoms with Gasteiger partial charge < -0.3 is 9.47 Å². The van der Waals surface area contributed by atoms with Gasteiger partial charge in [0.1, 0.15) is 5.69 Å². The average Bonchev–Trinajstić information content (AvgIpc) is 2.72. The van der Waals surface area contributed by atoms with E-state index < -0.39 is 0 Å². The number of aromatic nitrogens is 1. The molecule has 1 amide bonds. The first-order valence-electron chi connectivity index (χ1n) is 7.03. The number of likely N-dealkylation sites (tertiary alicyclic amines) is 1. The number of nitrogens with zero attached hydrogens (tertiary/aromatic N) is 2. The molecule has 1 aliphatic rings. The van der Waals surface area contributed by atoms with Crippen LogP contribution in [0.15, 0.2) is 24.3 Å². The summed E-state index contributed by atoms with van der Waals surface area (Å²) >= 11 is 0. The maximum absolute atomic E-state index is 12.7. The van der Waals surface area contributed by atoms with Crippen LogP contribution in [0.4, 0.5) is 0 Å². The molecule has 19 heavy (non-hydrogen) atoms. The molecule has 0 spiro atoms. The first-order chi connectivity index (χ1) is 9.20. The number of para-hydroxylation sites is 1. The highest BCUT2D eigenvalue weighted by Crippen LogP contribution is 2.26. The molecule has 0 N–H and O–H groups in total. The lowest BCUT2D eigenvalue weighted by atomic mass is 10.1. The fraction of sp³-hybridized carbons (Fsp3) is 0.438. The molecule has 1 saturated heterocycles. The highest BCUT2D eigenvalue weighted by atomic mass is 16.2. The zero-order valence-corrected chi connectivity index (χ0v) is 11.6. The number of hydrogen-bond donors (Lipinski definition) is 0. The second-order valence-electron chi connectivity index (χ2n) is 5.40. The molecule has 0 radical (unpaired) electrons. The lowest BCUT2D eigenvalue weighted by Gasteiger charge is -2.27. The van der Waals surface area contributed by atoms with Gasteiger partial charge in [0, 0.05) is 31.0 Å². The maximum atomic E-state index is 12.7. The summed E-state index contributed by atoms with van der Waals surface area (Å²) in [6, 6.07) is 8.23. The van der Waals surface area contributed by atoms with Crippen molar-refractivity contribution in [2.24, 2.45) is 7.05 Å². The van der Waals surface area contributed by atoms with Crippen molar-refractivity contribution >= 4 is 16.8 Å². The van der Waals surface area contributed by atoms with Crippen LogP contribution in [0.25, 0.3) is 10.9 Å². The quantitative estimate of drug-likeness (QED) is 0.769. The van der Waals surface area contributed by atoms with Gasteiger partial charge in [0.05, 0.1) is 0 Å². The summed E-state index contributed by atoms with van der Waals surface area (Å²) < 4.78 is 2.04. The van der Waals surface area contributed by atoms with Crippen molar-refractivity contribution in [2.45, 2.75) is 26.2 Å². The van der Waals surface area contributed by atoms with Crippen LogP contribution in [0.2, 0.25) is 0 Å². The Balaban J connectivity index is 2.06. The Morgan fingerprint density at radius 3 is 2.47 bits per heavy atom. The third kappa shape index (κ3) is 1.93. The first-order valence-corrected chi connectivity index (χ1v) is 7.03. The van der Waals surface area contributed by atoms with E-state index in [2.05, 4.69) is 19.1 Å². The van der Waals surface area contributed by atoms with E-state index in [1.165, 1.54) is 11.8 Å². The van der Waals surface area contributed by atoms with E-state index in [0.29, 0.717) is 0 Å². The van der Waals surface area contributed by atoms with Gasteiger partial charge in [-0.25, -0.2) is 0 Å². The number of aryl methyl sites for hydroxylation is 2. The van der Waals surface area contributed by atoms with Gasteiger partial charge in [-0.1, -0.05) is 18.2 Å².